The lowest BCUT2D eigenvalue weighted by molar-refractivity contribution is 0.768. The summed E-state index contributed by atoms with van der Waals surface area (Å²) < 4.78 is 5.25. The maximum Gasteiger partial charge on any atom is 0.0714 e. The Kier molecular flexibility index (Phi) is 7.56. The van der Waals surface area contributed by atoms with E-state index in [1.54, 1.807) is 0 Å². The van der Waals surface area contributed by atoms with Gasteiger partial charge in [0.15, 0.2) is 0 Å². The molecule has 3 heteroatoms. The summed E-state index contributed by atoms with van der Waals surface area (Å²) in [5, 5.41) is 5.21. The maximum absolute atomic E-state index is 2.52. The van der Waals surface area contributed by atoms with E-state index in [-0.39, 0.29) is 0 Å². The van der Waals surface area contributed by atoms with Crippen molar-refractivity contribution in [3.8, 4) is 22.3 Å². The molecule has 0 atom stereocenters. The zero-order chi connectivity index (χ0) is 38.2. The molecule has 0 saturated heterocycles. The number of fused-ring (bicyclic) bond motifs is 9. The van der Waals surface area contributed by atoms with E-state index in [4.69, 9.17) is 0 Å². The van der Waals surface area contributed by atoms with Crippen LogP contribution in [0.4, 0.5) is 17.1 Å². The van der Waals surface area contributed by atoms with E-state index in [1.165, 1.54) is 84.9 Å². The van der Waals surface area contributed by atoms with Crippen LogP contribution in [0.15, 0.2) is 212 Å². The predicted octanol–water partition coefficient (Wildman–Crippen LogP) is 15.9. The third-order valence-corrected chi connectivity index (χ3v) is 14.5. The number of thiophene rings is 2. The summed E-state index contributed by atoms with van der Waals surface area (Å²) in [5.41, 5.74) is 13.0. The van der Waals surface area contributed by atoms with Crippen molar-refractivity contribution in [1.29, 1.82) is 0 Å². The molecule has 1 aliphatic rings. The van der Waals surface area contributed by atoms with Crippen molar-refractivity contribution < 1.29 is 0 Å². The van der Waals surface area contributed by atoms with Gasteiger partial charge in [0.1, 0.15) is 0 Å². The van der Waals surface area contributed by atoms with Gasteiger partial charge in [-0.2, -0.15) is 0 Å². The van der Waals surface area contributed by atoms with Crippen molar-refractivity contribution in [2.75, 3.05) is 4.90 Å². The lowest BCUT2D eigenvalue weighted by Crippen LogP contribution is -2.28. The molecular weight excluding hydrogens is 739 g/mol. The molecule has 1 nitrogen and oxygen atoms in total. The molecule has 11 aromatic rings. The molecule has 58 heavy (non-hydrogen) atoms. The van der Waals surface area contributed by atoms with Gasteiger partial charge in [0.05, 0.1) is 11.1 Å². The van der Waals surface area contributed by atoms with Crippen LogP contribution in [0.1, 0.15) is 22.3 Å². The van der Waals surface area contributed by atoms with Crippen molar-refractivity contribution in [2.45, 2.75) is 5.41 Å². The normalized spacial score (nSPS) is 13.0. The van der Waals surface area contributed by atoms with Gasteiger partial charge in [-0.15, -0.1) is 22.7 Å². The van der Waals surface area contributed by atoms with Gasteiger partial charge >= 0.3 is 0 Å². The van der Waals surface area contributed by atoms with Gasteiger partial charge in [-0.05, 0) is 87.5 Å². The Morgan fingerprint density at radius 1 is 0.362 bits per heavy atom. The second-order valence-corrected chi connectivity index (χ2v) is 17.3. The molecular formula is C55H35NS2. The summed E-state index contributed by atoms with van der Waals surface area (Å²) in [4.78, 5) is 2.52. The first-order chi connectivity index (χ1) is 28.8. The molecule has 0 unspecified atom stereocenters. The van der Waals surface area contributed by atoms with E-state index in [1.807, 2.05) is 22.7 Å². The number of nitrogens with zero attached hydrogens (tertiary/aromatic N) is 1. The lowest BCUT2D eigenvalue weighted by atomic mass is 9.68. The minimum Gasteiger partial charge on any atom is -0.310 e. The van der Waals surface area contributed by atoms with E-state index in [9.17, 15) is 0 Å². The number of rotatable bonds is 6. The minimum atomic E-state index is -0.498. The smallest absolute Gasteiger partial charge is 0.0714 e. The Balaban J connectivity index is 1.15. The molecule has 272 valence electrons. The average molecular weight is 774 g/mol. The first-order valence-electron chi connectivity index (χ1n) is 19.8. The predicted molar refractivity (Wildman–Crippen MR) is 250 cm³/mol. The van der Waals surface area contributed by atoms with Crippen LogP contribution >= 0.6 is 22.7 Å². The fourth-order valence-corrected chi connectivity index (χ4v) is 12.1. The van der Waals surface area contributed by atoms with Crippen LogP contribution in [-0.4, -0.2) is 0 Å². The largest absolute Gasteiger partial charge is 0.310 e. The third-order valence-electron chi connectivity index (χ3n) is 12.1. The zero-order valence-electron chi connectivity index (χ0n) is 31.5. The van der Waals surface area contributed by atoms with Gasteiger partial charge < -0.3 is 4.90 Å². The topological polar surface area (TPSA) is 3.24 Å². The molecule has 0 fully saturated rings. The van der Waals surface area contributed by atoms with Gasteiger partial charge in [-0.1, -0.05) is 164 Å². The Hall–Kier alpha value is -6.78. The average Bonchev–Trinajstić information content (AvgIpc) is 3.96. The number of hydrogen-bond acceptors (Lipinski definition) is 3. The highest BCUT2D eigenvalue weighted by Crippen LogP contribution is 2.59. The van der Waals surface area contributed by atoms with Crippen LogP contribution in [0.2, 0.25) is 0 Å². The van der Waals surface area contributed by atoms with Crippen LogP contribution < -0.4 is 4.90 Å². The van der Waals surface area contributed by atoms with E-state index >= 15 is 0 Å². The highest BCUT2D eigenvalue weighted by molar-refractivity contribution is 7.26. The van der Waals surface area contributed by atoms with E-state index in [2.05, 4.69) is 217 Å². The molecule has 0 saturated carbocycles. The van der Waals surface area contributed by atoms with Crippen LogP contribution in [0, 0.1) is 0 Å². The highest BCUT2D eigenvalue weighted by Gasteiger charge is 2.47. The molecule has 2 heterocycles. The van der Waals surface area contributed by atoms with E-state index < -0.39 is 5.41 Å². The molecule has 0 N–H and O–H groups in total. The highest BCUT2D eigenvalue weighted by atomic mass is 32.1. The Morgan fingerprint density at radius 2 is 0.931 bits per heavy atom. The second-order valence-electron chi connectivity index (χ2n) is 15.2. The van der Waals surface area contributed by atoms with Gasteiger partial charge in [0, 0.05) is 57.3 Å². The first-order valence-corrected chi connectivity index (χ1v) is 21.5. The molecule has 12 rings (SSSR count). The summed E-state index contributed by atoms with van der Waals surface area (Å²) in [5.74, 6) is 0. The molecule has 1 aliphatic carbocycles. The van der Waals surface area contributed by atoms with Crippen molar-refractivity contribution >= 4 is 80.1 Å². The molecule has 0 bridgehead atoms. The summed E-state index contributed by atoms with van der Waals surface area (Å²) >= 11 is 3.75. The van der Waals surface area contributed by atoms with Gasteiger partial charge in [0.25, 0.3) is 0 Å². The maximum atomic E-state index is 2.52. The summed E-state index contributed by atoms with van der Waals surface area (Å²) in [7, 11) is 0. The van der Waals surface area contributed by atoms with E-state index in [0.717, 1.165) is 17.1 Å². The van der Waals surface area contributed by atoms with Crippen molar-refractivity contribution in [3.63, 3.8) is 0 Å². The molecule has 0 amide bonds. The van der Waals surface area contributed by atoms with Gasteiger partial charge in [-0.25, -0.2) is 0 Å². The van der Waals surface area contributed by atoms with Crippen LogP contribution in [0.25, 0.3) is 62.6 Å². The number of anilines is 3. The van der Waals surface area contributed by atoms with Crippen LogP contribution in [-0.2, 0) is 5.41 Å². The monoisotopic (exact) mass is 773 g/mol. The fraction of sp³-hybridized carbons (Fsp3) is 0.0182. The van der Waals surface area contributed by atoms with Crippen molar-refractivity contribution in [3.05, 3.63) is 235 Å². The molecule has 0 spiro atoms. The summed E-state index contributed by atoms with van der Waals surface area (Å²) in [6.45, 7) is 0. The molecule has 9 aromatic carbocycles. The standard InChI is InChI=1S/C55H35NS2/c1-3-17-37(18-4-1)55(38-19-5-2-6-20-38)47-27-10-7-24-45(47)53-48(55)28-15-29-49(53)56(40-32-33-52-46(35-40)43-23-9-11-30-50(43)57-52)39-21-13-16-36(34-39)41-25-14-26-44-42-22-8-12-31-51(42)58-54(41)44/h1-35H. The molecule has 0 aliphatic heterocycles. The van der Waals surface area contributed by atoms with Gasteiger partial charge in [-0.3, -0.25) is 0 Å². The SMILES string of the molecule is c1ccc(C2(c3ccccc3)c3ccccc3-c3c(N(c4cccc(-c5cccc6c5sc5ccccc56)c4)c4ccc5sc6ccccc6c5c4)cccc32)cc1. The summed E-state index contributed by atoms with van der Waals surface area (Å²) in [6, 6.07) is 78.8. The number of benzene rings is 9. The lowest BCUT2D eigenvalue weighted by Gasteiger charge is -2.34. The van der Waals surface area contributed by atoms with Crippen molar-refractivity contribution in [2.24, 2.45) is 0 Å². The second kappa shape index (κ2) is 13.1. The fourth-order valence-electron chi connectivity index (χ4n) is 9.73. The van der Waals surface area contributed by atoms with Crippen LogP contribution in [0.3, 0.4) is 0 Å². The number of hydrogen-bond donors (Lipinski definition) is 0. The first kappa shape index (κ1) is 33.4. The summed E-state index contributed by atoms with van der Waals surface area (Å²) in [6.07, 6.45) is 0. The molecule has 2 aromatic heterocycles. The quantitative estimate of drug-likeness (QED) is 0.163. The zero-order valence-corrected chi connectivity index (χ0v) is 33.1. The Labute approximate surface area is 345 Å². The van der Waals surface area contributed by atoms with Gasteiger partial charge in [0.2, 0.25) is 0 Å². The molecule has 0 radical (unpaired) electrons. The Bertz CT molecular complexity index is 3320. The van der Waals surface area contributed by atoms with Crippen LogP contribution in [0.5, 0.6) is 0 Å². The minimum absolute atomic E-state index is 0.498. The Morgan fingerprint density at radius 3 is 1.72 bits per heavy atom. The van der Waals surface area contributed by atoms with E-state index in [0.29, 0.717) is 0 Å². The van der Waals surface area contributed by atoms with Crippen molar-refractivity contribution in [1.82, 2.24) is 0 Å². The third kappa shape index (κ3) is 4.87.